The van der Waals surface area contributed by atoms with Gasteiger partial charge in [0.2, 0.25) is 15.0 Å². The number of thiazole rings is 1. The lowest BCUT2D eigenvalue weighted by Gasteiger charge is -2.06. The number of hydrogen-bond acceptors (Lipinski definition) is 6. The Labute approximate surface area is 148 Å². The molecule has 126 valence electrons. The van der Waals surface area contributed by atoms with Crippen LogP contribution in [-0.4, -0.2) is 34.0 Å². The molecule has 25 heavy (non-hydrogen) atoms. The molecule has 0 saturated heterocycles. The summed E-state index contributed by atoms with van der Waals surface area (Å²) in [5, 5.41) is 1.74. The van der Waals surface area contributed by atoms with Crippen LogP contribution in [0.3, 0.4) is 0 Å². The Morgan fingerprint density at radius 2 is 1.84 bits per heavy atom. The van der Waals surface area contributed by atoms with E-state index in [0.717, 1.165) is 33.7 Å². The normalized spacial score (nSPS) is 11.9. The van der Waals surface area contributed by atoms with Gasteiger partial charge in [-0.3, -0.25) is 4.40 Å². The maximum Gasteiger partial charge on any atom is 0.247 e. The summed E-state index contributed by atoms with van der Waals surface area (Å²) in [6.45, 7) is 2.03. The molecule has 0 bridgehead atoms. The molecule has 0 amide bonds. The molecule has 0 unspecified atom stereocenters. The zero-order valence-electron chi connectivity index (χ0n) is 13.5. The Hall–Kier alpha value is -2.58. The first-order chi connectivity index (χ1) is 11.9. The summed E-state index contributed by atoms with van der Waals surface area (Å²) in [4.78, 5) is 13.7. The topological polar surface area (TPSA) is 77.2 Å². The van der Waals surface area contributed by atoms with E-state index in [0.29, 0.717) is 5.69 Å². The second kappa shape index (κ2) is 5.75. The van der Waals surface area contributed by atoms with Crippen molar-refractivity contribution >= 4 is 26.1 Å². The number of hydrogen-bond donors (Lipinski definition) is 0. The Bertz CT molecular complexity index is 1180. The summed E-state index contributed by atoms with van der Waals surface area (Å²) in [7, 11) is -3.49. The second-order valence-corrected chi connectivity index (χ2v) is 8.51. The van der Waals surface area contributed by atoms with Gasteiger partial charge in [-0.1, -0.05) is 29.8 Å². The van der Waals surface area contributed by atoms with Gasteiger partial charge < -0.3 is 0 Å². The highest BCUT2D eigenvalue weighted by Crippen LogP contribution is 2.33. The molecular weight excluding hydrogens is 356 g/mol. The largest absolute Gasteiger partial charge is 0.288 e. The lowest BCUT2D eigenvalue weighted by Crippen LogP contribution is -2.05. The van der Waals surface area contributed by atoms with Crippen molar-refractivity contribution in [1.29, 1.82) is 0 Å². The average Bonchev–Trinajstić information content (AvgIpc) is 3.15. The first kappa shape index (κ1) is 15.9. The molecule has 0 aliphatic carbocycles. The van der Waals surface area contributed by atoms with Gasteiger partial charge in [0.05, 0.1) is 11.4 Å². The molecule has 4 aromatic rings. The number of aryl methyl sites for hydroxylation is 1. The highest BCUT2D eigenvalue weighted by Gasteiger charge is 2.20. The van der Waals surface area contributed by atoms with Crippen molar-refractivity contribution in [2.45, 2.75) is 12.1 Å². The van der Waals surface area contributed by atoms with E-state index in [1.54, 1.807) is 6.07 Å². The van der Waals surface area contributed by atoms with Gasteiger partial charge in [0.15, 0.2) is 4.96 Å². The smallest absolute Gasteiger partial charge is 0.247 e. The molecule has 0 radical (unpaired) electrons. The number of aromatic nitrogens is 4. The Morgan fingerprint density at radius 3 is 2.56 bits per heavy atom. The molecule has 0 saturated carbocycles. The van der Waals surface area contributed by atoms with Crippen molar-refractivity contribution in [2.24, 2.45) is 0 Å². The SMILES string of the molecule is Cc1ccc(-c2nc3sccn3c2-c2ccnc(S(C)(=O)=O)n2)cc1. The summed E-state index contributed by atoms with van der Waals surface area (Å²) in [5.74, 6) is 0. The molecule has 4 rings (SSSR count). The highest BCUT2D eigenvalue weighted by molar-refractivity contribution is 7.90. The number of sulfone groups is 1. The lowest BCUT2D eigenvalue weighted by molar-refractivity contribution is 0.593. The van der Waals surface area contributed by atoms with Crippen LogP contribution in [0.15, 0.2) is 53.3 Å². The van der Waals surface area contributed by atoms with E-state index < -0.39 is 9.84 Å². The highest BCUT2D eigenvalue weighted by atomic mass is 32.2. The fourth-order valence-electron chi connectivity index (χ4n) is 2.59. The van der Waals surface area contributed by atoms with Gasteiger partial charge in [0.25, 0.3) is 0 Å². The van der Waals surface area contributed by atoms with Crippen molar-refractivity contribution in [3.05, 3.63) is 53.7 Å². The number of benzene rings is 1. The van der Waals surface area contributed by atoms with Crippen LogP contribution in [0.4, 0.5) is 0 Å². The van der Waals surface area contributed by atoms with Gasteiger partial charge in [-0.05, 0) is 13.0 Å². The number of nitrogens with zero attached hydrogens (tertiary/aromatic N) is 4. The van der Waals surface area contributed by atoms with Crippen LogP contribution in [0.1, 0.15) is 5.56 Å². The molecule has 6 nitrogen and oxygen atoms in total. The maximum absolute atomic E-state index is 11.8. The summed E-state index contributed by atoms with van der Waals surface area (Å²) in [6, 6.07) is 9.75. The van der Waals surface area contributed by atoms with Crippen LogP contribution in [-0.2, 0) is 9.84 Å². The van der Waals surface area contributed by atoms with Crippen LogP contribution in [0.2, 0.25) is 0 Å². The molecule has 1 aromatic carbocycles. The predicted molar refractivity (Wildman–Crippen MR) is 97.4 cm³/mol. The molecule has 0 fully saturated rings. The minimum atomic E-state index is -3.49. The molecule has 0 aliphatic rings. The third kappa shape index (κ3) is 2.83. The van der Waals surface area contributed by atoms with Gasteiger partial charge in [-0.15, -0.1) is 11.3 Å². The van der Waals surface area contributed by atoms with Crippen molar-refractivity contribution in [3.63, 3.8) is 0 Å². The summed E-state index contributed by atoms with van der Waals surface area (Å²) in [5.41, 5.74) is 4.16. The van der Waals surface area contributed by atoms with Crippen LogP contribution in [0, 0.1) is 6.92 Å². The Morgan fingerprint density at radius 1 is 1.08 bits per heavy atom. The van der Waals surface area contributed by atoms with E-state index in [-0.39, 0.29) is 5.16 Å². The fourth-order valence-corrected chi connectivity index (χ4v) is 3.83. The molecule has 3 aromatic heterocycles. The van der Waals surface area contributed by atoms with Gasteiger partial charge in [0, 0.05) is 29.6 Å². The van der Waals surface area contributed by atoms with Crippen LogP contribution in [0.25, 0.3) is 27.6 Å². The number of rotatable bonds is 3. The molecule has 8 heteroatoms. The summed E-state index contributed by atoms with van der Waals surface area (Å²) < 4.78 is 25.6. The standard InChI is InChI=1S/C17H14N4O2S2/c1-11-3-5-12(6-4-11)14-15(21-9-10-24-17(21)20-14)13-7-8-18-16(19-13)25(2,22)23/h3-10H,1-2H3. The van der Waals surface area contributed by atoms with E-state index in [2.05, 4.69) is 9.97 Å². The molecular formula is C17H14N4O2S2. The minimum Gasteiger partial charge on any atom is -0.288 e. The van der Waals surface area contributed by atoms with E-state index in [1.165, 1.54) is 17.5 Å². The van der Waals surface area contributed by atoms with Crippen LogP contribution < -0.4 is 0 Å². The first-order valence-electron chi connectivity index (χ1n) is 7.49. The third-order valence-corrected chi connectivity index (χ3v) is 5.41. The average molecular weight is 370 g/mol. The van der Waals surface area contributed by atoms with Gasteiger partial charge in [-0.25, -0.2) is 23.4 Å². The predicted octanol–water partition coefficient (Wildman–Crippen LogP) is 3.23. The van der Waals surface area contributed by atoms with Crippen molar-refractivity contribution in [2.75, 3.05) is 6.26 Å². The number of fused-ring (bicyclic) bond motifs is 1. The fraction of sp³-hybridized carbons (Fsp3) is 0.118. The van der Waals surface area contributed by atoms with Crippen molar-refractivity contribution in [3.8, 4) is 22.6 Å². The van der Waals surface area contributed by atoms with E-state index in [4.69, 9.17) is 4.98 Å². The monoisotopic (exact) mass is 370 g/mol. The molecule has 0 N–H and O–H groups in total. The van der Waals surface area contributed by atoms with E-state index in [9.17, 15) is 8.42 Å². The lowest BCUT2D eigenvalue weighted by atomic mass is 10.1. The van der Waals surface area contributed by atoms with Crippen LogP contribution >= 0.6 is 11.3 Å². The van der Waals surface area contributed by atoms with E-state index >= 15 is 0 Å². The first-order valence-corrected chi connectivity index (χ1v) is 10.3. The quantitative estimate of drug-likeness (QED) is 0.518. The summed E-state index contributed by atoms with van der Waals surface area (Å²) >= 11 is 1.51. The third-order valence-electron chi connectivity index (χ3n) is 3.79. The molecule has 0 atom stereocenters. The van der Waals surface area contributed by atoms with Gasteiger partial charge in [-0.2, -0.15) is 0 Å². The van der Waals surface area contributed by atoms with Crippen molar-refractivity contribution < 1.29 is 8.42 Å². The van der Waals surface area contributed by atoms with Gasteiger partial charge >= 0.3 is 0 Å². The molecule has 3 heterocycles. The van der Waals surface area contributed by atoms with Crippen molar-refractivity contribution in [1.82, 2.24) is 19.4 Å². The second-order valence-electron chi connectivity index (χ2n) is 5.73. The zero-order chi connectivity index (χ0) is 17.6. The Kier molecular flexibility index (Phi) is 3.66. The minimum absolute atomic E-state index is 0.190. The molecule has 0 aliphatic heterocycles. The Balaban J connectivity index is 1.99. The zero-order valence-corrected chi connectivity index (χ0v) is 15.2. The van der Waals surface area contributed by atoms with Gasteiger partial charge in [0.1, 0.15) is 5.69 Å². The van der Waals surface area contributed by atoms with Crippen LogP contribution in [0.5, 0.6) is 0 Å². The number of imidazole rings is 1. The van der Waals surface area contributed by atoms with E-state index in [1.807, 2.05) is 47.2 Å². The molecule has 0 spiro atoms. The summed E-state index contributed by atoms with van der Waals surface area (Å²) in [6.07, 6.45) is 4.47. The maximum atomic E-state index is 11.8.